The molecular weight excluding hydrogens is 408 g/mol. The molecule has 2 aromatic carbocycles. The maximum Gasteiger partial charge on any atom is 0.247 e. The first kappa shape index (κ1) is 19.7. The van der Waals surface area contributed by atoms with Crippen molar-refractivity contribution in [3.05, 3.63) is 58.6 Å². The Hall–Kier alpha value is -2.64. The smallest absolute Gasteiger partial charge is 0.247 e. The lowest BCUT2D eigenvalue weighted by molar-refractivity contribution is -0.120. The number of hydrogen-bond acceptors (Lipinski definition) is 6. The van der Waals surface area contributed by atoms with Crippen LogP contribution in [0, 0.1) is 6.92 Å². The molecule has 6 nitrogen and oxygen atoms in total. The molecule has 1 atom stereocenters. The molecule has 1 aromatic heterocycles. The third kappa shape index (κ3) is 3.68. The Labute approximate surface area is 178 Å². The zero-order valence-corrected chi connectivity index (χ0v) is 17.8. The second-order valence-electron chi connectivity index (χ2n) is 6.62. The molecular formula is C21H19ClN4O2S. The number of ether oxygens (including phenoxy) is 1. The summed E-state index contributed by atoms with van der Waals surface area (Å²) in [6, 6.07) is 13.2. The van der Waals surface area contributed by atoms with Crippen molar-refractivity contribution >= 4 is 35.0 Å². The van der Waals surface area contributed by atoms with Crippen LogP contribution in [0.3, 0.4) is 0 Å². The third-order valence-electron chi connectivity index (χ3n) is 4.65. The van der Waals surface area contributed by atoms with Gasteiger partial charge < -0.3 is 4.74 Å². The van der Waals surface area contributed by atoms with Crippen LogP contribution in [-0.2, 0) is 4.79 Å². The molecule has 3 aromatic rings. The summed E-state index contributed by atoms with van der Waals surface area (Å²) < 4.78 is 6.33. The van der Waals surface area contributed by atoms with Crippen molar-refractivity contribution in [1.82, 2.24) is 15.2 Å². The third-order valence-corrected chi connectivity index (χ3v) is 5.42. The van der Waals surface area contributed by atoms with E-state index in [9.17, 15) is 4.79 Å². The van der Waals surface area contributed by atoms with Gasteiger partial charge in [0.2, 0.25) is 23.2 Å². The highest BCUT2D eigenvalue weighted by Gasteiger charge is 2.35. The highest BCUT2D eigenvalue weighted by molar-refractivity contribution is 7.98. The minimum absolute atomic E-state index is 0.0778. The number of anilines is 1. The standard InChI is InChI=1S/C21H19ClN4O2S/c1-4-17(27)26-16-9-8-14(22)11-15(16)18-19(23-21(29-3)25-24-18)28-20(26)13-7-5-6-12(2)10-13/h5-11,20H,4H2,1-3H3. The van der Waals surface area contributed by atoms with Gasteiger partial charge in [0.25, 0.3) is 0 Å². The minimum Gasteiger partial charge on any atom is -0.447 e. The minimum atomic E-state index is -0.685. The van der Waals surface area contributed by atoms with Gasteiger partial charge in [-0.2, -0.15) is 4.98 Å². The molecule has 0 saturated carbocycles. The van der Waals surface area contributed by atoms with Crippen LogP contribution in [0.5, 0.6) is 5.88 Å². The van der Waals surface area contributed by atoms with Crippen molar-refractivity contribution in [2.24, 2.45) is 0 Å². The highest BCUT2D eigenvalue weighted by Crippen LogP contribution is 2.44. The van der Waals surface area contributed by atoms with Gasteiger partial charge in [0.15, 0.2) is 5.69 Å². The Morgan fingerprint density at radius 2 is 2.07 bits per heavy atom. The summed E-state index contributed by atoms with van der Waals surface area (Å²) in [4.78, 5) is 19.2. The quantitative estimate of drug-likeness (QED) is 0.545. The Kier molecular flexibility index (Phi) is 5.43. The summed E-state index contributed by atoms with van der Waals surface area (Å²) in [5.41, 5.74) is 3.72. The van der Waals surface area contributed by atoms with Gasteiger partial charge in [-0.3, -0.25) is 9.69 Å². The molecule has 0 radical (unpaired) electrons. The van der Waals surface area contributed by atoms with Gasteiger partial charge in [0, 0.05) is 22.6 Å². The number of nitrogens with zero attached hydrogens (tertiary/aromatic N) is 4. The topological polar surface area (TPSA) is 68.2 Å². The second-order valence-corrected chi connectivity index (χ2v) is 7.83. The molecule has 0 aliphatic carbocycles. The van der Waals surface area contributed by atoms with Gasteiger partial charge in [0.1, 0.15) is 0 Å². The van der Waals surface area contributed by atoms with Crippen molar-refractivity contribution in [3.63, 3.8) is 0 Å². The Morgan fingerprint density at radius 3 is 2.79 bits per heavy atom. The normalized spacial score (nSPS) is 15.2. The maximum atomic E-state index is 13.1. The average molecular weight is 427 g/mol. The van der Waals surface area contributed by atoms with E-state index in [4.69, 9.17) is 16.3 Å². The number of rotatable bonds is 3. The molecule has 0 N–H and O–H groups in total. The van der Waals surface area contributed by atoms with Crippen molar-refractivity contribution in [1.29, 1.82) is 0 Å². The molecule has 29 heavy (non-hydrogen) atoms. The lowest BCUT2D eigenvalue weighted by Gasteiger charge is -2.30. The maximum absolute atomic E-state index is 13.1. The van der Waals surface area contributed by atoms with Crippen LogP contribution in [0.4, 0.5) is 5.69 Å². The number of hydrogen-bond donors (Lipinski definition) is 0. The summed E-state index contributed by atoms with van der Waals surface area (Å²) >= 11 is 7.65. The first-order valence-electron chi connectivity index (χ1n) is 9.15. The molecule has 0 spiro atoms. The fourth-order valence-corrected chi connectivity index (χ4v) is 3.77. The van der Waals surface area contributed by atoms with Crippen LogP contribution >= 0.6 is 23.4 Å². The largest absolute Gasteiger partial charge is 0.447 e. The van der Waals surface area contributed by atoms with Crippen molar-refractivity contribution in [2.45, 2.75) is 31.7 Å². The number of thioether (sulfide) groups is 1. The summed E-state index contributed by atoms with van der Waals surface area (Å²) in [6.07, 6.45) is 1.50. The first-order chi connectivity index (χ1) is 14.0. The van der Waals surface area contributed by atoms with E-state index in [0.29, 0.717) is 39.4 Å². The summed E-state index contributed by atoms with van der Waals surface area (Å²) in [7, 11) is 0. The van der Waals surface area contributed by atoms with Crippen LogP contribution < -0.4 is 9.64 Å². The molecule has 0 saturated heterocycles. The van der Waals surface area contributed by atoms with Crippen molar-refractivity contribution < 1.29 is 9.53 Å². The van der Waals surface area contributed by atoms with Crippen LogP contribution in [0.25, 0.3) is 11.3 Å². The van der Waals surface area contributed by atoms with E-state index >= 15 is 0 Å². The average Bonchev–Trinajstić information content (AvgIpc) is 2.87. The molecule has 0 fully saturated rings. The molecule has 0 bridgehead atoms. The second kappa shape index (κ2) is 8.00. The number of benzene rings is 2. The molecule has 1 aliphatic rings. The van der Waals surface area contributed by atoms with Gasteiger partial charge in [-0.25, -0.2) is 0 Å². The number of aromatic nitrogens is 3. The lowest BCUT2D eigenvalue weighted by atomic mass is 10.1. The molecule has 2 heterocycles. The predicted octanol–water partition coefficient (Wildman–Crippen LogP) is 5.06. The van der Waals surface area contributed by atoms with E-state index in [-0.39, 0.29) is 5.91 Å². The van der Waals surface area contributed by atoms with Gasteiger partial charge in [-0.1, -0.05) is 60.1 Å². The first-order valence-corrected chi connectivity index (χ1v) is 10.8. The fourth-order valence-electron chi connectivity index (χ4n) is 3.30. The van der Waals surface area contributed by atoms with E-state index in [1.165, 1.54) is 11.8 Å². The van der Waals surface area contributed by atoms with E-state index in [0.717, 1.165) is 11.1 Å². The van der Waals surface area contributed by atoms with Gasteiger partial charge in [0.05, 0.1) is 5.69 Å². The molecule has 1 aliphatic heterocycles. The van der Waals surface area contributed by atoms with Gasteiger partial charge >= 0.3 is 0 Å². The highest BCUT2D eigenvalue weighted by atomic mass is 35.5. The summed E-state index contributed by atoms with van der Waals surface area (Å²) in [5.74, 6) is 0.247. The van der Waals surface area contributed by atoms with Gasteiger partial charge in [-0.15, -0.1) is 10.2 Å². The zero-order chi connectivity index (χ0) is 20.5. The molecule has 148 valence electrons. The number of carbonyl (C=O) groups is 1. The van der Waals surface area contributed by atoms with Crippen LogP contribution in [-0.4, -0.2) is 27.3 Å². The number of fused-ring (bicyclic) bond motifs is 3. The van der Waals surface area contributed by atoms with E-state index in [1.807, 2.05) is 50.4 Å². The van der Waals surface area contributed by atoms with Gasteiger partial charge in [-0.05, 0) is 31.4 Å². The van der Waals surface area contributed by atoms with E-state index in [2.05, 4.69) is 15.2 Å². The zero-order valence-electron chi connectivity index (χ0n) is 16.2. The van der Waals surface area contributed by atoms with Crippen LogP contribution in [0.15, 0.2) is 47.6 Å². The number of aryl methyl sites for hydroxylation is 1. The molecule has 1 amide bonds. The molecule has 1 unspecified atom stereocenters. The van der Waals surface area contributed by atoms with E-state index in [1.54, 1.807) is 17.0 Å². The monoisotopic (exact) mass is 426 g/mol. The Morgan fingerprint density at radius 1 is 1.24 bits per heavy atom. The summed E-state index contributed by atoms with van der Waals surface area (Å²) in [6.45, 7) is 3.83. The molecule has 8 heteroatoms. The number of amides is 1. The van der Waals surface area contributed by atoms with E-state index < -0.39 is 6.23 Å². The summed E-state index contributed by atoms with van der Waals surface area (Å²) in [5, 5.41) is 9.52. The Balaban J connectivity index is 2.00. The number of halogens is 1. The van der Waals surface area contributed by atoms with Crippen molar-refractivity contribution in [2.75, 3.05) is 11.2 Å². The number of carbonyl (C=O) groups excluding carboxylic acids is 1. The van der Waals surface area contributed by atoms with Crippen LogP contribution in [0.1, 0.15) is 30.7 Å². The SMILES string of the molecule is CCC(=O)N1c2ccc(Cl)cc2-c2nnc(SC)nc2OC1c1cccc(C)c1. The predicted molar refractivity (Wildman–Crippen MR) is 114 cm³/mol. The lowest BCUT2D eigenvalue weighted by Crippen LogP contribution is -2.37. The molecule has 4 rings (SSSR count). The fraction of sp³-hybridized carbons (Fsp3) is 0.238. The van der Waals surface area contributed by atoms with Crippen LogP contribution in [0.2, 0.25) is 5.02 Å². The Bertz CT molecular complexity index is 1090. The van der Waals surface area contributed by atoms with Crippen molar-refractivity contribution in [3.8, 4) is 17.1 Å².